The zero-order chi connectivity index (χ0) is 47.0. The van der Waals surface area contributed by atoms with Crippen LogP contribution >= 0.6 is 8.25 Å². The summed E-state index contributed by atoms with van der Waals surface area (Å²) in [6.45, 7) is 10.4. The highest BCUT2D eigenvalue weighted by molar-refractivity contribution is 7.32. The third kappa shape index (κ3) is 12.3. The lowest BCUT2D eigenvalue weighted by Gasteiger charge is -2.38. The summed E-state index contributed by atoms with van der Waals surface area (Å²) in [5.41, 5.74) is -0.239. The standard InChI is InChI=1S/C41H42N3O13P.C6H15N/c1-4-53-35(45)26-54-36-38(44-24-23-34(43-39(44)47)42-37(46)27-11-7-5-8-12-27)56-33(41(36,48)57-58(49)50)25-55-40(28-13-9-6-10-14-28,29-15-19-31(51-2)20-16-29)30-17-21-32(52-3)22-18-30;1-4-7(5-2)6-3/h5-24,33,36,38,48,58H,4,25-26H2,1-3H3,(H,49,50)(H,42,43,46,47);4-6H2,1-3H3/t33-,36+,38-,41-;/m1./s1. The smallest absolute Gasteiger partial charge is 0.351 e. The molecule has 5 atom stereocenters. The van der Waals surface area contributed by atoms with Crippen molar-refractivity contribution in [1.82, 2.24) is 14.5 Å². The van der Waals surface area contributed by atoms with Gasteiger partial charge in [-0.2, -0.15) is 4.98 Å². The summed E-state index contributed by atoms with van der Waals surface area (Å²) in [6, 6.07) is 33.0. The van der Waals surface area contributed by atoms with Gasteiger partial charge in [0.25, 0.3) is 5.91 Å². The Morgan fingerprint density at radius 3 is 1.85 bits per heavy atom. The van der Waals surface area contributed by atoms with E-state index in [1.807, 2.05) is 30.3 Å². The first-order valence-corrected chi connectivity index (χ1v) is 22.4. The molecule has 0 radical (unpaired) electrons. The number of nitrogens with one attached hydrogen (secondary N) is 1. The van der Waals surface area contributed by atoms with Crippen molar-refractivity contribution in [3.63, 3.8) is 0 Å². The topological polar surface area (TPSA) is 206 Å². The molecule has 3 N–H and O–H groups in total. The summed E-state index contributed by atoms with van der Waals surface area (Å²) < 4.78 is 53.6. The quantitative estimate of drug-likeness (QED) is 0.0365. The maximum atomic E-state index is 13.6. The van der Waals surface area contributed by atoms with Gasteiger partial charge in [0.1, 0.15) is 35.6 Å². The van der Waals surface area contributed by atoms with E-state index in [0.29, 0.717) is 33.8 Å². The number of esters is 1. The summed E-state index contributed by atoms with van der Waals surface area (Å²) in [6.07, 6.45) is -3.92. The number of carbonyl (C=O) groups excluding carboxylic acids is 2. The number of amides is 1. The number of hydrogen-bond donors (Lipinski definition) is 3. The molecule has 1 amide bonds. The highest BCUT2D eigenvalue weighted by atomic mass is 31.1. The van der Waals surface area contributed by atoms with E-state index in [9.17, 15) is 28.9 Å². The highest BCUT2D eigenvalue weighted by Crippen LogP contribution is 2.47. The molecule has 4 aromatic carbocycles. The number of carbonyl (C=O) groups is 2. The van der Waals surface area contributed by atoms with Gasteiger partial charge in [0, 0.05) is 11.8 Å². The molecule has 65 heavy (non-hydrogen) atoms. The van der Waals surface area contributed by atoms with Crippen molar-refractivity contribution in [2.45, 2.75) is 57.5 Å². The lowest BCUT2D eigenvalue weighted by Crippen LogP contribution is -2.53. The molecule has 1 fully saturated rings. The van der Waals surface area contributed by atoms with Crippen molar-refractivity contribution in [1.29, 1.82) is 0 Å². The molecule has 18 heteroatoms. The molecular formula is C47H57N4O13P. The van der Waals surface area contributed by atoms with Crippen molar-refractivity contribution in [3.05, 3.63) is 154 Å². The van der Waals surface area contributed by atoms with Crippen LogP contribution < -0.4 is 20.5 Å². The molecule has 6 rings (SSSR count). The van der Waals surface area contributed by atoms with Crippen LogP contribution in [0.1, 0.15) is 61.0 Å². The van der Waals surface area contributed by atoms with E-state index in [0.717, 1.165) is 4.57 Å². The van der Waals surface area contributed by atoms with E-state index < -0.39 is 68.9 Å². The van der Waals surface area contributed by atoms with Crippen LogP contribution in [-0.2, 0) is 38.4 Å². The summed E-state index contributed by atoms with van der Waals surface area (Å²) >= 11 is 0. The van der Waals surface area contributed by atoms with Gasteiger partial charge in [0.2, 0.25) is 5.79 Å². The van der Waals surface area contributed by atoms with Gasteiger partial charge in [-0.3, -0.25) is 18.5 Å². The van der Waals surface area contributed by atoms with E-state index in [-0.39, 0.29) is 12.4 Å². The average molecular weight is 917 g/mol. The second-order valence-corrected chi connectivity index (χ2v) is 15.2. The summed E-state index contributed by atoms with van der Waals surface area (Å²) in [4.78, 5) is 55.5. The van der Waals surface area contributed by atoms with Crippen molar-refractivity contribution in [2.75, 3.05) is 59.0 Å². The number of rotatable bonds is 20. The lowest BCUT2D eigenvalue weighted by atomic mass is 9.80. The lowest BCUT2D eigenvalue weighted by molar-refractivity contribution is -0.234. The number of anilines is 1. The Balaban J connectivity index is 0.00000105. The molecule has 0 aliphatic carbocycles. The number of ether oxygens (including phenoxy) is 6. The van der Waals surface area contributed by atoms with Crippen LogP contribution in [0, 0.1) is 0 Å². The summed E-state index contributed by atoms with van der Waals surface area (Å²) in [5.74, 6) is -3.15. The van der Waals surface area contributed by atoms with Gasteiger partial charge >= 0.3 is 19.9 Å². The molecule has 348 valence electrons. The SMILES string of the molecule is CCN(CC)CC.CCOC(=O)CO[C@H]1[C@H](n2ccc(NC(=O)c3ccccc3)nc2=O)O[C@H](COC(c2ccccc2)(c2ccc(OC)cc2)c2ccc(OC)cc2)[C@@]1(O)O[PH](=O)O. The number of methoxy groups -OCH3 is 2. The molecule has 1 aromatic heterocycles. The fourth-order valence-corrected chi connectivity index (χ4v) is 7.85. The van der Waals surface area contributed by atoms with Gasteiger partial charge < -0.3 is 48.6 Å². The Morgan fingerprint density at radius 2 is 1.37 bits per heavy atom. The Labute approximate surface area is 378 Å². The molecule has 2 heterocycles. The van der Waals surface area contributed by atoms with Crippen molar-refractivity contribution < 1.29 is 57.1 Å². The minimum atomic E-state index is -3.98. The molecule has 17 nitrogen and oxygen atoms in total. The minimum Gasteiger partial charge on any atom is -0.497 e. The van der Waals surface area contributed by atoms with Crippen LogP contribution in [0.2, 0.25) is 0 Å². The van der Waals surface area contributed by atoms with Crippen molar-refractivity contribution >= 4 is 25.9 Å². The van der Waals surface area contributed by atoms with E-state index in [1.165, 1.54) is 46.1 Å². The first-order chi connectivity index (χ1) is 31.4. The van der Waals surface area contributed by atoms with Crippen LogP contribution in [0.5, 0.6) is 11.5 Å². The van der Waals surface area contributed by atoms with Gasteiger partial charge in [-0.1, -0.05) is 93.6 Å². The Bertz CT molecular complexity index is 2300. The molecule has 1 aliphatic heterocycles. The number of aliphatic hydroxyl groups is 1. The second-order valence-electron chi connectivity index (χ2n) is 14.4. The predicted molar refractivity (Wildman–Crippen MR) is 242 cm³/mol. The van der Waals surface area contributed by atoms with Gasteiger partial charge in [0.05, 0.1) is 27.4 Å². The van der Waals surface area contributed by atoms with E-state index in [1.54, 1.807) is 85.8 Å². The largest absolute Gasteiger partial charge is 0.497 e. The molecule has 1 aliphatic rings. The number of nitrogens with zero attached hydrogens (tertiary/aromatic N) is 3. The maximum absolute atomic E-state index is 13.6. The number of benzene rings is 4. The van der Waals surface area contributed by atoms with Gasteiger partial charge in [0.15, 0.2) is 12.3 Å². The number of hydrogen-bond acceptors (Lipinski definition) is 14. The molecule has 1 saturated heterocycles. The first kappa shape index (κ1) is 50.3. The summed E-state index contributed by atoms with van der Waals surface area (Å²) in [5, 5.41) is 14.9. The minimum absolute atomic E-state index is 0.00615. The van der Waals surface area contributed by atoms with Crippen LogP contribution in [0.3, 0.4) is 0 Å². The molecule has 5 aromatic rings. The van der Waals surface area contributed by atoms with Crippen LogP contribution in [-0.4, -0.2) is 108 Å². The molecule has 0 bridgehead atoms. The Morgan fingerprint density at radius 1 is 0.831 bits per heavy atom. The van der Waals surface area contributed by atoms with Crippen molar-refractivity contribution in [2.24, 2.45) is 0 Å². The first-order valence-electron chi connectivity index (χ1n) is 21.1. The molecular weight excluding hydrogens is 860 g/mol. The fourth-order valence-electron chi connectivity index (χ4n) is 7.32. The Kier molecular flexibility index (Phi) is 18.5. The zero-order valence-electron chi connectivity index (χ0n) is 37.2. The van der Waals surface area contributed by atoms with Gasteiger partial charge in [-0.05, 0) is 85.7 Å². The highest BCUT2D eigenvalue weighted by Gasteiger charge is 2.61. The third-order valence-electron chi connectivity index (χ3n) is 10.7. The normalized spacial score (nSPS) is 18.6. The molecule has 0 saturated carbocycles. The van der Waals surface area contributed by atoms with Crippen LogP contribution in [0.25, 0.3) is 0 Å². The predicted octanol–water partition coefficient (Wildman–Crippen LogP) is 5.80. The fraction of sp³-hybridized carbons (Fsp3) is 0.362. The van der Waals surface area contributed by atoms with E-state index >= 15 is 0 Å². The van der Waals surface area contributed by atoms with Crippen LogP contribution in [0.15, 0.2) is 126 Å². The van der Waals surface area contributed by atoms with E-state index in [2.05, 4.69) is 36.0 Å². The van der Waals surface area contributed by atoms with Gasteiger partial charge in [-0.15, -0.1) is 0 Å². The Hall–Kier alpha value is -5.75. The molecule has 1 unspecified atom stereocenters. The van der Waals surface area contributed by atoms with Gasteiger partial charge in [-0.25, -0.2) is 9.59 Å². The average Bonchev–Trinajstić information content (AvgIpc) is 3.59. The second kappa shape index (κ2) is 24.0. The van der Waals surface area contributed by atoms with Crippen LogP contribution in [0.4, 0.5) is 5.82 Å². The number of aromatic nitrogens is 2. The third-order valence-corrected chi connectivity index (χ3v) is 11.2. The molecule has 0 spiro atoms. The summed E-state index contributed by atoms with van der Waals surface area (Å²) in [7, 11) is -0.906. The van der Waals surface area contributed by atoms with Crippen molar-refractivity contribution in [3.8, 4) is 11.5 Å². The zero-order valence-corrected chi connectivity index (χ0v) is 38.2. The monoisotopic (exact) mass is 916 g/mol. The van der Waals surface area contributed by atoms with E-state index in [4.69, 9.17) is 32.9 Å². The maximum Gasteiger partial charge on any atom is 0.351 e.